The quantitative estimate of drug-likeness (QED) is 0.637. The van der Waals surface area contributed by atoms with E-state index in [2.05, 4.69) is 28.3 Å². The van der Waals surface area contributed by atoms with Gasteiger partial charge in [0.05, 0.1) is 5.52 Å². The van der Waals surface area contributed by atoms with Crippen molar-refractivity contribution < 1.29 is 9.59 Å². The number of hydrogen-bond acceptors (Lipinski definition) is 3. The summed E-state index contributed by atoms with van der Waals surface area (Å²) in [5.74, 6) is -0.333. The van der Waals surface area contributed by atoms with Crippen LogP contribution in [0.3, 0.4) is 0 Å². The summed E-state index contributed by atoms with van der Waals surface area (Å²) in [5.41, 5.74) is 3.64. The standard InChI is InChI=1S/C22H21N3O2/c1-2-21(26)25-15-17-5-8-18(9-6-17)22(27)24-13-11-16-7-10-20-19(14-16)4-3-12-23-20/h2-10,12,14H,1,11,13,15H2,(H,24,27)(H,25,26). The SMILES string of the molecule is C=CC(=O)NCc1ccc(C(=O)NCCc2ccc3ncccc3c2)cc1. The fraction of sp³-hybridized carbons (Fsp3) is 0.136. The van der Waals surface area contributed by atoms with E-state index in [0.717, 1.165) is 28.5 Å². The average molecular weight is 359 g/mol. The Labute approximate surface area is 158 Å². The van der Waals surface area contributed by atoms with Gasteiger partial charge < -0.3 is 10.6 Å². The molecule has 136 valence electrons. The van der Waals surface area contributed by atoms with Crippen molar-refractivity contribution in [3.05, 3.63) is 90.1 Å². The second-order valence-electron chi connectivity index (χ2n) is 6.16. The minimum absolute atomic E-state index is 0.112. The summed E-state index contributed by atoms with van der Waals surface area (Å²) in [4.78, 5) is 27.7. The van der Waals surface area contributed by atoms with Crippen molar-refractivity contribution in [3.8, 4) is 0 Å². The van der Waals surface area contributed by atoms with Crippen molar-refractivity contribution in [1.82, 2.24) is 15.6 Å². The van der Waals surface area contributed by atoms with Gasteiger partial charge in [0.25, 0.3) is 5.91 Å². The van der Waals surface area contributed by atoms with Gasteiger partial charge in [-0.3, -0.25) is 14.6 Å². The lowest BCUT2D eigenvalue weighted by Crippen LogP contribution is -2.25. The Morgan fingerprint density at radius 2 is 1.78 bits per heavy atom. The molecular formula is C22H21N3O2. The summed E-state index contributed by atoms with van der Waals surface area (Å²) in [6.45, 7) is 4.37. The molecule has 0 unspecified atom stereocenters. The first-order valence-corrected chi connectivity index (χ1v) is 8.77. The Hall–Kier alpha value is -3.47. The van der Waals surface area contributed by atoms with Crippen LogP contribution in [0.1, 0.15) is 21.5 Å². The molecule has 27 heavy (non-hydrogen) atoms. The van der Waals surface area contributed by atoms with Crippen LogP contribution in [0.2, 0.25) is 0 Å². The van der Waals surface area contributed by atoms with Gasteiger partial charge in [0.2, 0.25) is 5.91 Å². The summed E-state index contributed by atoms with van der Waals surface area (Å²) in [6.07, 6.45) is 3.76. The second kappa shape index (κ2) is 8.76. The fourth-order valence-corrected chi connectivity index (χ4v) is 2.74. The van der Waals surface area contributed by atoms with Crippen LogP contribution in [0.4, 0.5) is 0 Å². The largest absolute Gasteiger partial charge is 0.352 e. The lowest BCUT2D eigenvalue weighted by molar-refractivity contribution is -0.116. The molecule has 0 saturated carbocycles. The summed E-state index contributed by atoms with van der Waals surface area (Å²) < 4.78 is 0. The molecule has 0 aliphatic heterocycles. The van der Waals surface area contributed by atoms with Crippen LogP contribution >= 0.6 is 0 Å². The van der Waals surface area contributed by atoms with Crippen molar-refractivity contribution in [3.63, 3.8) is 0 Å². The van der Waals surface area contributed by atoms with E-state index < -0.39 is 0 Å². The van der Waals surface area contributed by atoms with E-state index in [4.69, 9.17) is 0 Å². The lowest BCUT2D eigenvalue weighted by atomic mass is 10.1. The number of carbonyl (C=O) groups excluding carboxylic acids is 2. The molecule has 2 N–H and O–H groups in total. The van der Waals surface area contributed by atoms with Crippen LogP contribution in [0.15, 0.2) is 73.4 Å². The van der Waals surface area contributed by atoms with Crippen molar-refractivity contribution in [2.75, 3.05) is 6.54 Å². The van der Waals surface area contributed by atoms with Gasteiger partial charge in [-0.05, 0) is 54.0 Å². The first kappa shape index (κ1) is 18.3. The predicted molar refractivity (Wildman–Crippen MR) is 106 cm³/mol. The molecule has 5 nitrogen and oxygen atoms in total. The molecule has 0 radical (unpaired) electrons. The average Bonchev–Trinajstić information content (AvgIpc) is 2.72. The van der Waals surface area contributed by atoms with E-state index in [-0.39, 0.29) is 11.8 Å². The molecule has 1 aromatic heterocycles. The van der Waals surface area contributed by atoms with Crippen molar-refractivity contribution >= 4 is 22.7 Å². The van der Waals surface area contributed by atoms with Crippen LogP contribution in [0, 0.1) is 0 Å². The van der Waals surface area contributed by atoms with Gasteiger partial charge in [0.15, 0.2) is 0 Å². The third-order valence-electron chi connectivity index (χ3n) is 4.23. The maximum atomic E-state index is 12.3. The molecule has 0 fully saturated rings. The van der Waals surface area contributed by atoms with Crippen LogP contribution in [0.25, 0.3) is 10.9 Å². The number of rotatable bonds is 7. The Morgan fingerprint density at radius 3 is 2.56 bits per heavy atom. The number of amides is 2. The van der Waals surface area contributed by atoms with Crippen molar-refractivity contribution in [2.24, 2.45) is 0 Å². The van der Waals surface area contributed by atoms with Gasteiger partial charge in [0, 0.05) is 30.2 Å². The van der Waals surface area contributed by atoms with Gasteiger partial charge in [-0.15, -0.1) is 0 Å². The number of pyridine rings is 1. The predicted octanol–water partition coefficient (Wildman–Crippen LogP) is 3.01. The zero-order valence-corrected chi connectivity index (χ0v) is 14.9. The topological polar surface area (TPSA) is 71.1 Å². The second-order valence-corrected chi connectivity index (χ2v) is 6.16. The summed E-state index contributed by atoms with van der Waals surface area (Å²) in [5, 5.41) is 6.73. The summed E-state index contributed by atoms with van der Waals surface area (Å²) >= 11 is 0. The van der Waals surface area contributed by atoms with Gasteiger partial charge in [-0.1, -0.05) is 30.8 Å². The highest BCUT2D eigenvalue weighted by Gasteiger charge is 2.06. The normalized spacial score (nSPS) is 10.4. The van der Waals surface area contributed by atoms with Gasteiger partial charge in [-0.25, -0.2) is 0 Å². The monoisotopic (exact) mass is 359 g/mol. The molecule has 5 heteroatoms. The zero-order chi connectivity index (χ0) is 19.1. The molecule has 0 bridgehead atoms. The van der Waals surface area contributed by atoms with E-state index >= 15 is 0 Å². The first-order chi connectivity index (χ1) is 13.2. The van der Waals surface area contributed by atoms with E-state index in [9.17, 15) is 9.59 Å². The van der Waals surface area contributed by atoms with E-state index in [1.807, 2.05) is 36.4 Å². The van der Waals surface area contributed by atoms with Crippen LogP contribution in [-0.2, 0) is 17.8 Å². The molecule has 3 rings (SSSR count). The molecule has 0 atom stereocenters. The van der Waals surface area contributed by atoms with Gasteiger partial charge in [-0.2, -0.15) is 0 Å². The van der Waals surface area contributed by atoms with Crippen LogP contribution in [-0.4, -0.2) is 23.3 Å². The van der Waals surface area contributed by atoms with Crippen LogP contribution in [0.5, 0.6) is 0 Å². The molecule has 0 aliphatic carbocycles. The van der Waals surface area contributed by atoms with Crippen LogP contribution < -0.4 is 10.6 Å². The van der Waals surface area contributed by atoms with Crippen molar-refractivity contribution in [1.29, 1.82) is 0 Å². The third kappa shape index (κ3) is 5.01. The van der Waals surface area contributed by atoms with E-state index in [1.165, 1.54) is 6.08 Å². The zero-order valence-electron chi connectivity index (χ0n) is 14.9. The number of hydrogen-bond donors (Lipinski definition) is 2. The molecule has 3 aromatic rings. The Kier molecular flexibility index (Phi) is 5.94. The summed E-state index contributed by atoms with van der Waals surface area (Å²) in [7, 11) is 0. The highest BCUT2D eigenvalue weighted by molar-refractivity contribution is 5.94. The minimum atomic E-state index is -0.221. The maximum Gasteiger partial charge on any atom is 0.251 e. The summed E-state index contributed by atoms with van der Waals surface area (Å²) in [6, 6.07) is 17.2. The molecule has 0 aliphatic rings. The highest BCUT2D eigenvalue weighted by Crippen LogP contribution is 2.13. The molecule has 0 spiro atoms. The maximum absolute atomic E-state index is 12.3. The first-order valence-electron chi connectivity index (χ1n) is 8.77. The lowest BCUT2D eigenvalue weighted by Gasteiger charge is -2.08. The highest BCUT2D eigenvalue weighted by atomic mass is 16.2. The number of carbonyl (C=O) groups is 2. The van der Waals surface area contributed by atoms with Crippen molar-refractivity contribution in [2.45, 2.75) is 13.0 Å². The van der Waals surface area contributed by atoms with E-state index in [0.29, 0.717) is 18.7 Å². The smallest absolute Gasteiger partial charge is 0.251 e. The Balaban J connectivity index is 1.51. The molecular weight excluding hydrogens is 338 g/mol. The molecule has 1 heterocycles. The fourth-order valence-electron chi connectivity index (χ4n) is 2.74. The number of fused-ring (bicyclic) bond motifs is 1. The molecule has 2 aromatic carbocycles. The Bertz CT molecular complexity index is 965. The molecule has 2 amide bonds. The van der Waals surface area contributed by atoms with E-state index in [1.54, 1.807) is 18.3 Å². The number of aromatic nitrogens is 1. The van der Waals surface area contributed by atoms with Gasteiger partial charge in [0.1, 0.15) is 0 Å². The number of benzene rings is 2. The Morgan fingerprint density at radius 1 is 1.00 bits per heavy atom. The minimum Gasteiger partial charge on any atom is -0.352 e. The third-order valence-corrected chi connectivity index (χ3v) is 4.23. The number of nitrogens with one attached hydrogen (secondary N) is 2. The van der Waals surface area contributed by atoms with Gasteiger partial charge >= 0.3 is 0 Å². The molecule has 0 saturated heterocycles. The number of nitrogens with zero attached hydrogens (tertiary/aromatic N) is 1.